The van der Waals surface area contributed by atoms with Gasteiger partial charge in [-0.1, -0.05) is 42.5 Å². The molecule has 0 radical (unpaired) electrons. The van der Waals surface area contributed by atoms with Crippen LogP contribution in [0.2, 0.25) is 0 Å². The van der Waals surface area contributed by atoms with E-state index < -0.39 is 10.9 Å². The van der Waals surface area contributed by atoms with Gasteiger partial charge in [-0.25, -0.2) is 4.79 Å². The number of rotatable bonds is 4. The standard InChI is InChI=1S/C18H13NO5/c1-23-18(20)17-14(19(21)22)9-5-11-16(17)24-15-10-4-7-12-6-2-3-8-13(12)15/h2-11H,1H3. The molecule has 0 bridgehead atoms. The Kier molecular flexibility index (Phi) is 4.11. The van der Waals surface area contributed by atoms with E-state index in [9.17, 15) is 14.9 Å². The summed E-state index contributed by atoms with van der Waals surface area (Å²) in [6.45, 7) is 0. The lowest BCUT2D eigenvalue weighted by Crippen LogP contribution is -2.07. The monoisotopic (exact) mass is 323 g/mol. The summed E-state index contributed by atoms with van der Waals surface area (Å²) in [6.07, 6.45) is 0. The zero-order valence-electron chi connectivity index (χ0n) is 12.8. The molecule has 0 atom stereocenters. The van der Waals surface area contributed by atoms with Crippen LogP contribution in [0.15, 0.2) is 60.7 Å². The van der Waals surface area contributed by atoms with Crippen LogP contribution in [0.5, 0.6) is 11.5 Å². The van der Waals surface area contributed by atoms with E-state index in [0.29, 0.717) is 5.75 Å². The van der Waals surface area contributed by atoms with Gasteiger partial charge in [-0.3, -0.25) is 10.1 Å². The van der Waals surface area contributed by atoms with Gasteiger partial charge >= 0.3 is 5.97 Å². The van der Waals surface area contributed by atoms with Crippen LogP contribution in [0.25, 0.3) is 10.8 Å². The number of hydrogen-bond donors (Lipinski definition) is 0. The number of nitrogens with zero attached hydrogens (tertiary/aromatic N) is 1. The van der Waals surface area contributed by atoms with Gasteiger partial charge in [-0.15, -0.1) is 0 Å². The zero-order chi connectivity index (χ0) is 17.1. The molecule has 6 heteroatoms. The van der Waals surface area contributed by atoms with Crippen LogP contribution in [0, 0.1) is 10.1 Å². The summed E-state index contributed by atoms with van der Waals surface area (Å²) in [6, 6.07) is 17.3. The number of benzene rings is 3. The molecular formula is C18H13NO5. The second-order valence-corrected chi connectivity index (χ2v) is 4.98. The van der Waals surface area contributed by atoms with E-state index in [1.165, 1.54) is 25.3 Å². The number of nitro groups is 1. The maximum Gasteiger partial charge on any atom is 0.348 e. The minimum Gasteiger partial charge on any atom is -0.465 e. The van der Waals surface area contributed by atoms with Gasteiger partial charge in [0.25, 0.3) is 5.69 Å². The lowest BCUT2D eigenvalue weighted by Gasteiger charge is -2.12. The van der Waals surface area contributed by atoms with Gasteiger partial charge in [0.15, 0.2) is 5.56 Å². The van der Waals surface area contributed by atoms with Crippen LogP contribution in [-0.4, -0.2) is 18.0 Å². The van der Waals surface area contributed by atoms with Crippen LogP contribution in [0.4, 0.5) is 5.69 Å². The minimum absolute atomic E-state index is 0.0763. The van der Waals surface area contributed by atoms with E-state index in [0.717, 1.165) is 10.8 Å². The summed E-state index contributed by atoms with van der Waals surface area (Å²) in [7, 11) is 1.17. The summed E-state index contributed by atoms with van der Waals surface area (Å²) in [5.41, 5.74) is -0.572. The smallest absolute Gasteiger partial charge is 0.348 e. The number of nitro benzene ring substituents is 1. The number of fused-ring (bicyclic) bond motifs is 1. The SMILES string of the molecule is COC(=O)c1c(Oc2cccc3ccccc23)cccc1[N+](=O)[O-]. The largest absolute Gasteiger partial charge is 0.465 e. The van der Waals surface area contributed by atoms with Gasteiger partial charge in [-0.05, 0) is 17.5 Å². The number of carbonyl (C=O) groups is 1. The molecule has 0 aliphatic heterocycles. The van der Waals surface area contributed by atoms with Crippen LogP contribution < -0.4 is 4.74 Å². The number of carbonyl (C=O) groups excluding carboxylic acids is 1. The fourth-order valence-corrected chi connectivity index (χ4v) is 2.47. The van der Waals surface area contributed by atoms with Crippen molar-refractivity contribution in [2.75, 3.05) is 7.11 Å². The van der Waals surface area contributed by atoms with E-state index in [1.54, 1.807) is 6.07 Å². The average Bonchev–Trinajstić information content (AvgIpc) is 2.61. The number of esters is 1. The third-order valence-electron chi connectivity index (χ3n) is 3.56. The first kappa shape index (κ1) is 15.5. The number of hydrogen-bond acceptors (Lipinski definition) is 5. The van der Waals surface area contributed by atoms with Gasteiger partial charge < -0.3 is 9.47 Å². The average molecular weight is 323 g/mol. The molecule has 0 aromatic heterocycles. The van der Waals surface area contributed by atoms with Gasteiger partial charge in [0, 0.05) is 11.5 Å². The first-order chi connectivity index (χ1) is 11.6. The van der Waals surface area contributed by atoms with Crippen LogP contribution in [0.1, 0.15) is 10.4 Å². The molecule has 3 rings (SSSR count). The van der Waals surface area contributed by atoms with Crippen molar-refractivity contribution in [2.45, 2.75) is 0 Å². The molecule has 3 aromatic rings. The van der Waals surface area contributed by atoms with E-state index in [1.807, 2.05) is 36.4 Å². The summed E-state index contributed by atoms with van der Waals surface area (Å²) in [4.78, 5) is 22.6. The maximum absolute atomic E-state index is 12.0. The van der Waals surface area contributed by atoms with E-state index in [4.69, 9.17) is 4.74 Å². The molecule has 0 N–H and O–H groups in total. The normalized spacial score (nSPS) is 10.4. The van der Waals surface area contributed by atoms with Crippen molar-refractivity contribution in [1.29, 1.82) is 0 Å². The fourth-order valence-electron chi connectivity index (χ4n) is 2.47. The van der Waals surface area contributed by atoms with E-state index in [2.05, 4.69) is 4.74 Å². The second kappa shape index (κ2) is 6.37. The van der Waals surface area contributed by atoms with Crippen molar-refractivity contribution in [3.05, 3.63) is 76.3 Å². The van der Waals surface area contributed by atoms with Crippen LogP contribution in [-0.2, 0) is 4.74 Å². The first-order valence-corrected chi connectivity index (χ1v) is 7.13. The Morgan fingerprint density at radius 1 is 0.958 bits per heavy atom. The molecule has 0 saturated heterocycles. The maximum atomic E-state index is 12.0. The molecule has 0 saturated carbocycles. The second-order valence-electron chi connectivity index (χ2n) is 4.98. The Morgan fingerprint density at radius 3 is 2.38 bits per heavy atom. The molecule has 0 unspecified atom stereocenters. The Balaban J connectivity index is 2.14. The number of methoxy groups -OCH3 is 1. The molecule has 24 heavy (non-hydrogen) atoms. The molecular weight excluding hydrogens is 310 g/mol. The van der Waals surface area contributed by atoms with Gasteiger partial charge in [0.2, 0.25) is 0 Å². The molecule has 0 fully saturated rings. The van der Waals surface area contributed by atoms with Crippen molar-refractivity contribution in [1.82, 2.24) is 0 Å². The summed E-state index contributed by atoms with van der Waals surface area (Å²) >= 11 is 0. The third-order valence-corrected chi connectivity index (χ3v) is 3.56. The number of ether oxygens (including phenoxy) is 2. The molecule has 0 heterocycles. The summed E-state index contributed by atoms with van der Waals surface area (Å²) < 4.78 is 10.5. The van der Waals surface area contributed by atoms with E-state index in [-0.39, 0.29) is 17.0 Å². The molecule has 0 aliphatic carbocycles. The lowest BCUT2D eigenvalue weighted by molar-refractivity contribution is -0.385. The molecule has 6 nitrogen and oxygen atoms in total. The zero-order valence-corrected chi connectivity index (χ0v) is 12.8. The Morgan fingerprint density at radius 2 is 1.62 bits per heavy atom. The predicted octanol–water partition coefficient (Wildman–Crippen LogP) is 4.33. The van der Waals surface area contributed by atoms with Gasteiger partial charge in [0.05, 0.1) is 12.0 Å². The molecule has 120 valence electrons. The fraction of sp³-hybridized carbons (Fsp3) is 0.0556. The highest BCUT2D eigenvalue weighted by Crippen LogP contribution is 2.35. The van der Waals surface area contributed by atoms with Crippen LogP contribution >= 0.6 is 0 Å². The molecule has 0 spiro atoms. The quantitative estimate of drug-likeness (QED) is 0.406. The van der Waals surface area contributed by atoms with Gasteiger partial charge in [0.1, 0.15) is 11.5 Å². The molecule has 3 aromatic carbocycles. The first-order valence-electron chi connectivity index (χ1n) is 7.13. The highest BCUT2D eigenvalue weighted by Gasteiger charge is 2.26. The van der Waals surface area contributed by atoms with Crippen molar-refractivity contribution >= 4 is 22.4 Å². The predicted molar refractivity (Wildman–Crippen MR) is 88.5 cm³/mol. The Bertz CT molecular complexity index is 930. The highest BCUT2D eigenvalue weighted by molar-refractivity contribution is 5.97. The minimum atomic E-state index is -0.822. The van der Waals surface area contributed by atoms with Crippen LogP contribution in [0.3, 0.4) is 0 Å². The van der Waals surface area contributed by atoms with Gasteiger partial charge in [-0.2, -0.15) is 0 Å². The summed E-state index contributed by atoms with van der Waals surface area (Å²) in [5.74, 6) is -0.247. The van der Waals surface area contributed by atoms with Crippen molar-refractivity contribution < 1.29 is 19.2 Å². The topological polar surface area (TPSA) is 78.7 Å². The van der Waals surface area contributed by atoms with E-state index >= 15 is 0 Å². The van der Waals surface area contributed by atoms with Crippen molar-refractivity contribution in [3.63, 3.8) is 0 Å². The summed E-state index contributed by atoms with van der Waals surface area (Å²) in [5, 5.41) is 13.0. The lowest BCUT2D eigenvalue weighted by atomic mass is 10.1. The molecule has 0 amide bonds. The molecule has 0 aliphatic rings. The van der Waals surface area contributed by atoms with Crippen molar-refractivity contribution in [2.24, 2.45) is 0 Å². The third kappa shape index (κ3) is 2.77. The Labute approximate surface area is 137 Å². The Hall–Kier alpha value is -3.41. The van der Waals surface area contributed by atoms with Crippen molar-refractivity contribution in [3.8, 4) is 11.5 Å². The highest BCUT2D eigenvalue weighted by atomic mass is 16.6.